The van der Waals surface area contributed by atoms with Gasteiger partial charge in [-0.15, -0.1) is 0 Å². The van der Waals surface area contributed by atoms with Crippen molar-refractivity contribution in [2.45, 2.75) is 40.2 Å². The minimum atomic E-state index is -1.03. The number of hydrogen-bond donors (Lipinski definition) is 2. The molecule has 0 radical (unpaired) electrons. The van der Waals surface area contributed by atoms with Gasteiger partial charge in [-0.3, -0.25) is 0 Å². The standard InChI is InChI=1S/C15H21NO4/c1-6-11(12(7-2)13(17)18)9-8-10-16-14(19)20-15(3,4)5/h6-7H,10H2,1-5H3,(H,16,19)(H,17,18)/b11-6-,12-7+. The summed E-state index contributed by atoms with van der Waals surface area (Å²) in [4.78, 5) is 22.3. The molecule has 20 heavy (non-hydrogen) atoms. The van der Waals surface area contributed by atoms with E-state index in [0.29, 0.717) is 5.57 Å². The zero-order valence-corrected chi connectivity index (χ0v) is 12.5. The molecule has 110 valence electrons. The van der Waals surface area contributed by atoms with Crippen LogP contribution in [-0.2, 0) is 9.53 Å². The maximum Gasteiger partial charge on any atom is 0.408 e. The van der Waals surface area contributed by atoms with Crippen molar-refractivity contribution >= 4 is 12.1 Å². The van der Waals surface area contributed by atoms with Crippen molar-refractivity contribution in [2.75, 3.05) is 6.54 Å². The molecular formula is C15H21NO4. The van der Waals surface area contributed by atoms with Crippen molar-refractivity contribution < 1.29 is 19.4 Å². The summed E-state index contributed by atoms with van der Waals surface area (Å²) in [5.41, 5.74) is -0.0174. The average molecular weight is 279 g/mol. The van der Waals surface area contributed by atoms with Crippen molar-refractivity contribution in [1.29, 1.82) is 0 Å². The van der Waals surface area contributed by atoms with Crippen molar-refractivity contribution in [3.05, 3.63) is 23.3 Å². The SMILES string of the molecule is C/C=C(C#CCNC(=O)OC(C)(C)C)\C(=C/C)C(=O)O. The summed E-state index contributed by atoms with van der Waals surface area (Å²) in [6, 6.07) is 0. The largest absolute Gasteiger partial charge is 0.478 e. The number of carboxylic acids is 1. The molecular weight excluding hydrogens is 258 g/mol. The highest BCUT2D eigenvalue weighted by molar-refractivity contribution is 5.93. The van der Waals surface area contributed by atoms with Gasteiger partial charge < -0.3 is 15.2 Å². The fraction of sp³-hybridized carbons (Fsp3) is 0.467. The molecule has 0 aliphatic rings. The Morgan fingerprint density at radius 3 is 2.25 bits per heavy atom. The van der Waals surface area contributed by atoms with Crippen LogP contribution in [0.3, 0.4) is 0 Å². The number of hydrogen-bond acceptors (Lipinski definition) is 3. The lowest BCUT2D eigenvalue weighted by Crippen LogP contribution is -2.32. The Morgan fingerprint density at radius 2 is 1.85 bits per heavy atom. The predicted octanol–water partition coefficient (Wildman–Crippen LogP) is 2.49. The minimum absolute atomic E-state index is 0.0862. The maximum atomic E-state index is 11.3. The van der Waals surface area contributed by atoms with E-state index in [-0.39, 0.29) is 12.1 Å². The molecule has 2 N–H and O–H groups in total. The summed E-state index contributed by atoms with van der Waals surface area (Å²) in [5, 5.41) is 11.5. The van der Waals surface area contributed by atoms with Crippen LogP contribution in [0.15, 0.2) is 23.3 Å². The highest BCUT2D eigenvalue weighted by atomic mass is 16.6. The van der Waals surface area contributed by atoms with Gasteiger partial charge in [-0.05, 0) is 34.6 Å². The second kappa shape index (κ2) is 8.05. The second-order valence-corrected chi connectivity index (χ2v) is 4.87. The number of carbonyl (C=O) groups is 2. The van der Waals surface area contributed by atoms with Gasteiger partial charge in [0, 0.05) is 5.57 Å². The molecule has 5 heteroatoms. The van der Waals surface area contributed by atoms with Crippen LogP contribution < -0.4 is 5.32 Å². The maximum absolute atomic E-state index is 11.3. The van der Waals surface area contributed by atoms with E-state index in [0.717, 1.165) is 0 Å². The molecule has 0 aromatic rings. The molecule has 0 unspecified atom stereocenters. The van der Waals surface area contributed by atoms with Crippen molar-refractivity contribution in [1.82, 2.24) is 5.32 Å². The number of rotatable bonds is 3. The molecule has 0 aromatic carbocycles. The zero-order valence-electron chi connectivity index (χ0n) is 12.5. The molecule has 0 aliphatic heterocycles. The molecule has 0 spiro atoms. The summed E-state index contributed by atoms with van der Waals surface area (Å²) in [5.74, 6) is 4.37. The molecule has 1 amide bonds. The van der Waals surface area contributed by atoms with Crippen molar-refractivity contribution in [2.24, 2.45) is 0 Å². The summed E-state index contributed by atoms with van der Waals surface area (Å²) < 4.78 is 5.04. The van der Waals surface area contributed by atoms with Crippen LogP contribution in [0.2, 0.25) is 0 Å². The van der Waals surface area contributed by atoms with E-state index in [1.54, 1.807) is 40.7 Å². The molecule has 0 aromatic heterocycles. The number of alkyl carbamates (subject to hydrolysis) is 1. The molecule has 0 saturated carbocycles. The third-order valence-corrected chi connectivity index (χ3v) is 2.04. The van der Waals surface area contributed by atoms with Gasteiger partial charge in [0.2, 0.25) is 0 Å². The van der Waals surface area contributed by atoms with Gasteiger partial charge in [-0.1, -0.05) is 24.0 Å². The quantitative estimate of drug-likeness (QED) is 0.473. The van der Waals surface area contributed by atoms with Crippen LogP contribution in [0.5, 0.6) is 0 Å². The lowest BCUT2D eigenvalue weighted by molar-refractivity contribution is -0.132. The molecule has 0 rings (SSSR count). The van der Waals surface area contributed by atoms with E-state index in [9.17, 15) is 9.59 Å². The van der Waals surface area contributed by atoms with E-state index in [1.807, 2.05) is 0 Å². The highest BCUT2D eigenvalue weighted by Crippen LogP contribution is 2.09. The van der Waals surface area contributed by atoms with Crippen LogP contribution in [-0.4, -0.2) is 29.3 Å². The first kappa shape index (κ1) is 17.8. The Labute approximate surface area is 119 Å². The van der Waals surface area contributed by atoms with E-state index in [2.05, 4.69) is 17.2 Å². The van der Waals surface area contributed by atoms with Gasteiger partial charge in [-0.25, -0.2) is 9.59 Å². The number of amides is 1. The lowest BCUT2D eigenvalue weighted by atomic mass is 10.1. The number of carbonyl (C=O) groups excluding carboxylic acids is 1. The molecule has 0 bridgehead atoms. The highest BCUT2D eigenvalue weighted by Gasteiger charge is 2.15. The van der Waals surface area contributed by atoms with Gasteiger partial charge in [-0.2, -0.15) is 0 Å². The van der Waals surface area contributed by atoms with E-state index in [4.69, 9.17) is 9.84 Å². The second-order valence-electron chi connectivity index (χ2n) is 4.87. The summed E-state index contributed by atoms with van der Waals surface area (Å²) in [7, 11) is 0. The summed E-state index contributed by atoms with van der Waals surface area (Å²) in [6.45, 7) is 8.72. The minimum Gasteiger partial charge on any atom is -0.478 e. The lowest BCUT2D eigenvalue weighted by Gasteiger charge is -2.19. The number of nitrogens with one attached hydrogen (secondary N) is 1. The number of carboxylic acid groups (broad SMARTS) is 1. The molecule has 0 fully saturated rings. The molecule has 0 aliphatic carbocycles. The molecule has 0 saturated heterocycles. The Bertz CT molecular complexity index is 484. The van der Waals surface area contributed by atoms with E-state index < -0.39 is 17.7 Å². The fourth-order valence-electron chi connectivity index (χ4n) is 1.26. The van der Waals surface area contributed by atoms with Crippen LogP contribution in [0.25, 0.3) is 0 Å². The summed E-state index contributed by atoms with van der Waals surface area (Å²) in [6.07, 6.45) is 2.54. The van der Waals surface area contributed by atoms with Crippen LogP contribution >= 0.6 is 0 Å². The fourth-order valence-corrected chi connectivity index (χ4v) is 1.26. The molecule has 0 heterocycles. The van der Waals surface area contributed by atoms with Gasteiger partial charge in [0.25, 0.3) is 0 Å². The zero-order chi connectivity index (χ0) is 15.8. The van der Waals surface area contributed by atoms with Crippen molar-refractivity contribution in [3.8, 4) is 11.8 Å². The van der Waals surface area contributed by atoms with Gasteiger partial charge >= 0.3 is 12.1 Å². The average Bonchev–Trinajstić information content (AvgIpc) is 2.30. The van der Waals surface area contributed by atoms with Gasteiger partial charge in [0.1, 0.15) is 5.60 Å². The van der Waals surface area contributed by atoms with E-state index >= 15 is 0 Å². The molecule has 0 atom stereocenters. The van der Waals surface area contributed by atoms with E-state index in [1.165, 1.54) is 6.08 Å². The molecule has 5 nitrogen and oxygen atoms in total. The van der Waals surface area contributed by atoms with Gasteiger partial charge in [0.15, 0.2) is 0 Å². The first-order chi connectivity index (χ1) is 9.21. The number of ether oxygens (including phenoxy) is 1. The monoisotopic (exact) mass is 279 g/mol. The smallest absolute Gasteiger partial charge is 0.408 e. The topological polar surface area (TPSA) is 75.6 Å². The van der Waals surface area contributed by atoms with Gasteiger partial charge in [0.05, 0.1) is 12.1 Å². The first-order valence-electron chi connectivity index (χ1n) is 6.23. The Morgan fingerprint density at radius 1 is 1.25 bits per heavy atom. The third kappa shape index (κ3) is 7.27. The Kier molecular flexibility index (Phi) is 7.16. The third-order valence-electron chi connectivity index (χ3n) is 2.04. The summed E-state index contributed by atoms with van der Waals surface area (Å²) >= 11 is 0. The van der Waals surface area contributed by atoms with Crippen LogP contribution in [0.1, 0.15) is 34.6 Å². The Balaban J connectivity index is 4.54. The first-order valence-corrected chi connectivity index (χ1v) is 6.23. The normalized spacial score (nSPS) is 12.2. The predicted molar refractivity (Wildman–Crippen MR) is 77.2 cm³/mol. The van der Waals surface area contributed by atoms with Crippen LogP contribution in [0.4, 0.5) is 4.79 Å². The van der Waals surface area contributed by atoms with Crippen LogP contribution in [0, 0.1) is 11.8 Å². The Hall–Kier alpha value is -2.22. The van der Waals surface area contributed by atoms with Crippen molar-refractivity contribution in [3.63, 3.8) is 0 Å². The number of allylic oxidation sites excluding steroid dienone is 2. The number of aliphatic carboxylic acids is 1.